The van der Waals surface area contributed by atoms with E-state index in [1.165, 1.54) is 0 Å². The molecule has 2 fully saturated rings. The van der Waals surface area contributed by atoms with Crippen molar-refractivity contribution in [2.24, 2.45) is 5.92 Å². The van der Waals surface area contributed by atoms with Crippen LogP contribution in [0.2, 0.25) is 0 Å². The Morgan fingerprint density at radius 2 is 2.55 bits per heavy atom. The van der Waals surface area contributed by atoms with Gasteiger partial charge >= 0.3 is 5.97 Å². The highest BCUT2D eigenvalue weighted by atomic mass is 35.5. The zero-order valence-corrected chi connectivity index (χ0v) is 6.67. The average molecular weight is 177 g/mol. The van der Waals surface area contributed by atoms with Gasteiger partial charge in [-0.25, -0.2) is 0 Å². The molecule has 1 aliphatic heterocycles. The molecule has 2 rings (SSSR count). The molecule has 62 valence electrons. The molecule has 0 aromatic carbocycles. The number of cyclic esters (lactones) is 1. The monoisotopic (exact) mass is 176 g/mol. The average Bonchev–Trinajstić information content (AvgIpc) is 2.12. The predicted molar refractivity (Wildman–Crippen MR) is 38.3 cm³/mol. The number of aliphatic hydroxyl groups excluding tert-OH is 1. The molecule has 3 nitrogen and oxygen atoms in total. The van der Waals surface area contributed by atoms with Crippen molar-refractivity contribution in [2.75, 3.05) is 6.61 Å². The summed E-state index contributed by atoms with van der Waals surface area (Å²) in [6.45, 7) is -0.106. The fraction of sp³-hybridized carbons (Fsp3) is 0.857. The van der Waals surface area contributed by atoms with Gasteiger partial charge in [0.1, 0.15) is 11.0 Å². The van der Waals surface area contributed by atoms with E-state index >= 15 is 0 Å². The third-order valence-corrected chi connectivity index (χ3v) is 3.26. The first-order chi connectivity index (χ1) is 5.18. The lowest BCUT2D eigenvalue weighted by Gasteiger charge is -2.35. The molecule has 4 heteroatoms. The highest BCUT2D eigenvalue weighted by molar-refractivity contribution is 6.35. The van der Waals surface area contributed by atoms with E-state index in [0.717, 1.165) is 6.42 Å². The van der Waals surface area contributed by atoms with E-state index in [-0.39, 0.29) is 24.6 Å². The summed E-state index contributed by atoms with van der Waals surface area (Å²) in [7, 11) is 0. The van der Waals surface area contributed by atoms with Gasteiger partial charge in [0.25, 0.3) is 0 Å². The van der Waals surface area contributed by atoms with Gasteiger partial charge in [-0.1, -0.05) is 0 Å². The van der Waals surface area contributed by atoms with Crippen LogP contribution in [0.1, 0.15) is 12.8 Å². The summed E-state index contributed by atoms with van der Waals surface area (Å²) in [5, 5.41) is 8.78. The van der Waals surface area contributed by atoms with Crippen LogP contribution < -0.4 is 0 Å². The normalized spacial score (nSPS) is 48.0. The first-order valence-corrected chi connectivity index (χ1v) is 4.07. The van der Waals surface area contributed by atoms with Crippen LogP contribution >= 0.6 is 11.6 Å². The Bertz CT molecular complexity index is 206. The summed E-state index contributed by atoms with van der Waals surface area (Å²) in [6, 6.07) is 0. The number of hydrogen-bond donors (Lipinski definition) is 1. The number of aliphatic hydroxyl groups is 1. The van der Waals surface area contributed by atoms with Gasteiger partial charge in [0.2, 0.25) is 0 Å². The lowest BCUT2D eigenvalue weighted by Crippen LogP contribution is -2.46. The molecule has 0 aromatic rings. The topological polar surface area (TPSA) is 46.5 Å². The highest BCUT2D eigenvalue weighted by Gasteiger charge is 2.61. The van der Waals surface area contributed by atoms with E-state index in [9.17, 15) is 4.79 Å². The number of fused-ring (bicyclic) bond motifs is 1. The molecule has 3 atom stereocenters. The molecular weight excluding hydrogens is 168 g/mol. The van der Waals surface area contributed by atoms with Crippen molar-refractivity contribution in [1.82, 2.24) is 0 Å². The first-order valence-electron chi connectivity index (χ1n) is 3.69. The Morgan fingerprint density at radius 1 is 1.82 bits per heavy atom. The number of rotatable bonds is 1. The molecule has 0 amide bonds. The van der Waals surface area contributed by atoms with E-state index in [4.69, 9.17) is 21.4 Å². The molecule has 2 aliphatic rings. The van der Waals surface area contributed by atoms with Crippen molar-refractivity contribution in [2.45, 2.75) is 23.8 Å². The number of carbonyl (C=O) groups excluding carboxylic acids is 1. The zero-order chi connectivity index (χ0) is 8.06. The first kappa shape index (κ1) is 7.37. The Balaban J connectivity index is 2.20. The smallest absolute Gasteiger partial charge is 0.328 e. The van der Waals surface area contributed by atoms with E-state index in [2.05, 4.69) is 0 Å². The van der Waals surface area contributed by atoms with Gasteiger partial charge in [-0.15, -0.1) is 11.6 Å². The van der Waals surface area contributed by atoms with Crippen molar-refractivity contribution in [3.05, 3.63) is 0 Å². The van der Waals surface area contributed by atoms with Gasteiger partial charge < -0.3 is 9.84 Å². The van der Waals surface area contributed by atoms with E-state index in [1.807, 2.05) is 0 Å². The number of halogens is 1. The summed E-state index contributed by atoms with van der Waals surface area (Å²) in [5.41, 5.74) is 0. The molecule has 1 saturated carbocycles. The van der Waals surface area contributed by atoms with Crippen molar-refractivity contribution in [1.29, 1.82) is 0 Å². The van der Waals surface area contributed by atoms with E-state index < -0.39 is 4.87 Å². The Labute approximate surface area is 69.3 Å². The quantitative estimate of drug-likeness (QED) is 0.462. The molecule has 11 heavy (non-hydrogen) atoms. The second-order valence-electron chi connectivity index (χ2n) is 3.13. The Morgan fingerprint density at radius 3 is 2.82 bits per heavy atom. The molecule has 1 aliphatic carbocycles. The molecule has 3 unspecified atom stereocenters. The van der Waals surface area contributed by atoms with Crippen LogP contribution in [0.3, 0.4) is 0 Å². The molecule has 1 saturated heterocycles. The predicted octanol–water partition coefficient (Wildman–Crippen LogP) is 0.292. The van der Waals surface area contributed by atoms with Crippen LogP contribution in [-0.4, -0.2) is 28.7 Å². The van der Waals surface area contributed by atoms with Gasteiger partial charge in [0.05, 0.1) is 6.61 Å². The minimum atomic E-state index is -0.784. The summed E-state index contributed by atoms with van der Waals surface area (Å²) in [6.07, 6.45) is 1.23. The van der Waals surface area contributed by atoms with Gasteiger partial charge in [0.15, 0.2) is 0 Å². The van der Waals surface area contributed by atoms with Crippen molar-refractivity contribution >= 4 is 17.6 Å². The Kier molecular flexibility index (Phi) is 1.41. The minimum Gasteiger partial charge on any atom is -0.458 e. The fourth-order valence-corrected chi connectivity index (χ4v) is 2.18. The molecule has 0 spiro atoms. The van der Waals surface area contributed by atoms with Gasteiger partial charge in [-0.3, -0.25) is 4.79 Å². The van der Waals surface area contributed by atoms with Crippen LogP contribution in [0.4, 0.5) is 0 Å². The maximum Gasteiger partial charge on any atom is 0.328 e. The summed E-state index contributed by atoms with van der Waals surface area (Å²) in [4.78, 5) is 10.3. The maximum absolute atomic E-state index is 11.1. The highest BCUT2D eigenvalue weighted by Crippen LogP contribution is 2.52. The zero-order valence-electron chi connectivity index (χ0n) is 5.92. The number of esters is 1. The summed E-state index contributed by atoms with van der Waals surface area (Å²) < 4.78 is 4.88. The Hall–Kier alpha value is -0.280. The number of ether oxygens (including phenoxy) is 1. The largest absolute Gasteiger partial charge is 0.458 e. The third-order valence-electron chi connectivity index (χ3n) is 2.63. The van der Waals surface area contributed by atoms with Crippen LogP contribution in [0, 0.1) is 5.92 Å². The SMILES string of the molecule is O=C1OC(CO)C2CCC12Cl. The van der Waals surface area contributed by atoms with Crippen LogP contribution in [0.25, 0.3) is 0 Å². The van der Waals surface area contributed by atoms with Crippen molar-refractivity contribution < 1.29 is 14.6 Å². The van der Waals surface area contributed by atoms with Crippen LogP contribution in [0.5, 0.6) is 0 Å². The second-order valence-corrected chi connectivity index (χ2v) is 3.81. The summed E-state index contributed by atoms with van der Waals surface area (Å²) in [5.74, 6) is -0.309. The second kappa shape index (κ2) is 2.11. The maximum atomic E-state index is 11.1. The van der Waals surface area contributed by atoms with Crippen molar-refractivity contribution in [3.63, 3.8) is 0 Å². The molecule has 1 N–H and O–H groups in total. The fourth-order valence-electron chi connectivity index (χ4n) is 1.78. The number of alkyl halides is 1. The van der Waals surface area contributed by atoms with E-state index in [0.29, 0.717) is 6.42 Å². The van der Waals surface area contributed by atoms with Gasteiger partial charge in [0, 0.05) is 5.92 Å². The molecule has 0 radical (unpaired) electrons. The molecule has 1 heterocycles. The van der Waals surface area contributed by atoms with E-state index in [1.54, 1.807) is 0 Å². The van der Waals surface area contributed by atoms with Crippen LogP contribution in [-0.2, 0) is 9.53 Å². The molecule has 0 aromatic heterocycles. The summed E-state index contributed by atoms with van der Waals surface area (Å²) >= 11 is 5.94. The van der Waals surface area contributed by atoms with Gasteiger partial charge in [-0.2, -0.15) is 0 Å². The standard InChI is InChI=1S/C7H9ClO3/c8-7-2-1-4(7)5(3-9)11-6(7)10/h4-5,9H,1-3H2. The molecular formula is C7H9ClO3. The molecule has 0 bridgehead atoms. The van der Waals surface area contributed by atoms with Crippen LogP contribution in [0.15, 0.2) is 0 Å². The third kappa shape index (κ3) is 0.754. The minimum absolute atomic E-state index is 0.0432. The number of carbonyl (C=O) groups is 1. The lowest BCUT2D eigenvalue weighted by atomic mass is 9.72. The van der Waals surface area contributed by atoms with Gasteiger partial charge in [-0.05, 0) is 12.8 Å². The van der Waals surface area contributed by atoms with Crippen molar-refractivity contribution in [3.8, 4) is 0 Å². The number of hydrogen-bond acceptors (Lipinski definition) is 3. The lowest BCUT2D eigenvalue weighted by molar-refractivity contribution is -0.144.